The topological polar surface area (TPSA) is 84.7 Å². The molecule has 4 unspecified atom stereocenters. The second-order valence-corrected chi connectivity index (χ2v) is 18.3. The molecule has 2 N–H and O–H groups in total. The van der Waals surface area contributed by atoms with Crippen molar-refractivity contribution in [2.75, 3.05) is 30.3 Å². The van der Waals surface area contributed by atoms with Gasteiger partial charge in [0, 0.05) is 48.9 Å². The first kappa shape index (κ1) is 48.2. The Hall–Kier alpha value is -1.96. The van der Waals surface area contributed by atoms with Crippen LogP contribution in [-0.2, 0) is 16.0 Å². The fourth-order valence-electron chi connectivity index (χ4n) is 8.90. The summed E-state index contributed by atoms with van der Waals surface area (Å²) in [5.74, 6) is 3.31. The molecule has 0 spiro atoms. The van der Waals surface area contributed by atoms with Crippen LogP contribution in [0, 0.1) is 28.1 Å². The van der Waals surface area contributed by atoms with Gasteiger partial charge in [-0.25, -0.2) is 4.39 Å². The Morgan fingerprint density at radius 2 is 1.61 bits per heavy atom. The summed E-state index contributed by atoms with van der Waals surface area (Å²) in [5, 5.41) is 14.2. The molecule has 2 aliphatic heterocycles. The molecule has 1 aromatic rings. The fraction of sp³-hybridized carbons (Fsp3) is 0.795. The Balaban J connectivity index is 0.000000381. The summed E-state index contributed by atoms with van der Waals surface area (Å²) in [6.45, 7) is 21.0. The Morgan fingerprint density at radius 3 is 2.15 bits per heavy atom. The first-order valence-corrected chi connectivity index (χ1v) is 21.7. The maximum Gasteiger partial charge on any atom is 0.290 e. The Bertz CT molecular complexity index is 1320. The normalized spacial score (nSPS) is 25.4. The van der Waals surface area contributed by atoms with Crippen molar-refractivity contribution in [2.24, 2.45) is 22.7 Å². The van der Waals surface area contributed by atoms with Crippen molar-refractivity contribution in [1.82, 2.24) is 4.90 Å². The Kier molecular flexibility index (Phi) is 19.2. The van der Waals surface area contributed by atoms with Gasteiger partial charge in [0.2, 0.25) is 5.91 Å². The molecule has 4 fully saturated rings. The minimum absolute atomic E-state index is 0.193. The van der Waals surface area contributed by atoms with Gasteiger partial charge >= 0.3 is 0 Å². The van der Waals surface area contributed by atoms with Gasteiger partial charge in [-0.1, -0.05) is 72.6 Å². The van der Waals surface area contributed by atoms with Crippen LogP contribution in [0.2, 0.25) is 5.21 Å². The highest BCUT2D eigenvalue weighted by Crippen LogP contribution is 2.59. The average molecular weight is 766 g/mol. The predicted octanol–water partition coefficient (Wildman–Crippen LogP) is 10.6. The average Bonchev–Trinajstić information content (AvgIpc) is 3.45. The van der Waals surface area contributed by atoms with Crippen molar-refractivity contribution in [3.63, 3.8) is 0 Å². The number of hydrogen-bond acceptors (Lipinski definition) is 5. The second-order valence-electron chi connectivity index (χ2n) is 17.9. The SMILES string of the molecule is CC.CC12CCC3c4ccc(N5CCC(N6CCCCC6=O)CC5)cc4CCC3C1CCC2=N.CCC(C)(C)C.O=CO.[B]C([B])(CCCS)C(C)(C)F. The van der Waals surface area contributed by atoms with Gasteiger partial charge in [0.1, 0.15) is 0 Å². The number of amides is 1. The number of halogens is 1. The first-order valence-electron chi connectivity index (χ1n) is 21.0. The van der Waals surface area contributed by atoms with E-state index in [9.17, 15) is 9.18 Å². The zero-order chi connectivity index (χ0) is 40.9. The van der Waals surface area contributed by atoms with Crippen molar-refractivity contribution in [2.45, 2.75) is 175 Å². The highest BCUT2D eigenvalue weighted by molar-refractivity contribution is 7.80. The van der Waals surface area contributed by atoms with Crippen molar-refractivity contribution in [3.05, 3.63) is 29.3 Å². The standard InChI is InChI=1S/C28H39N3O.C7H13B2FS.C6H14.C2H6.CH2O2/c1-28-14-11-23-22-8-6-21(18-19(22)5-7-24(23)25(28)9-10-26(28)29)30-16-12-20(13-17-30)31-15-3-2-4-27(31)32;1-6(2,10)7(8,9)4-3-5-11;1-5-6(2,3)4;1-2;2-1-3/h6,8,18,20,23-25,29H,2-5,7,9-17H2,1H3;11H,3-5H2,1-2H3;5H2,1-4H3;1-2H3;1H,(H,2,3). The molecule has 0 bridgehead atoms. The monoisotopic (exact) mass is 766 g/mol. The highest BCUT2D eigenvalue weighted by Gasteiger charge is 2.53. The number of anilines is 1. The number of carbonyl (C=O) groups is 2. The number of carbonyl (C=O) groups excluding carboxylic acids is 1. The summed E-state index contributed by atoms with van der Waals surface area (Å²) in [7, 11) is 11.1. The van der Waals surface area contributed by atoms with E-state index in [0.717, 1.165) is 75.7 Å². The van der Waals surface area contributed by atoms with Crippen LogP contribution < -0.4 is 4.90 Å². The molecule has 4 radical (unpaired) electrons. The molecule has 1 amide bonds. The molecule has 2 saturated carbocycles. The van der Waals surface area contributed by atoms with Crippen molar-refractivity contribution < 1.29 is 19.1 Å². The van der Waals surface area contributed by atoms with Crippen molar-refractivity contribution >= 4 is 52.1 Å². The number of likely N-dealkylation sites (tertiary alicyclic amines) is 1. The molecule has 10 heteroatoms. The third-order valence-corrected chi connectivity index (χ3v) is 13.4. The first-order chi connectivity index (χ1) is 25.3. The second kappa shape index (κ2) is 21.5. The zero-order valence-electron chi connectivity index (χ0n) is 35.5. The molecule has 4 atom stereocenters. The minimum Gasteiger partial charge on any atom is -0.483 e. The van der Waals surface area contributed by atoms with Crippen molar-refractivity contribution in [1.29, 1.82) is 5.41 Å². The van der Waals surface area contributed by atoms with Crippen LogP contribution in [0.25, 0.3) is 0 Å². The third-order valence-electron chi connectivity index (χ3n) is 13.0. The predicted molar refractivity (Wildman–Crippen MR) is 232 cm³/mol. The van der Waals surface area contributed by atoms with Crippen LogP contribution in [0.5, 0.6) is 0 Å². The summed E-state index contributed by atoms with van der Waals surface area (Å²) >= 11 is 3.99. The molecule has 5 aliphatic rings. The largest absolute Gasteiger partial charge is 0.483 e. The number of nitrogens with zero attached hydrogens (tertiary/aromatic N) is 2. The summed E-state index contributed by atoms with van der Waals surface area (Å²) < 4.78 is 13.2. The molecule has 3 aliphatic carbocycles. The van der Waals surface area contributed by atoms with Gasteiger partial charge in [-0.05, 0) is 137 Å². The van der Waals surface area contributed by atoms with Crippen LogP contribution in [0.3, 0.4) is 0 Å². The lowest BCUT2D eigenvalue weighted by Crippen LogP contribution is -2.49. The molecule has 2 saturated heterocycles. The lowest BCUT2D eigenvalue weighted by Gasteiger charge is -2.49. The maximum atomic E-state index is 13.2. The Morgan fingerprint density at radius 1 is 1.00 bits per heavy atom. The van der Waals surface area contributed by atoms with Gasteiger partial charge in [0.05, 0.1) is 21.4 Å². The van der Waals surface area contributed by atoms with Crippen molar-refractivity contribution in [3.8, 4) is 0 Å². The van der Waals surface area contributed by atoms with E-state index in [0.29, 0.717) is 35.5 Å². The van der Waals surface area contributed by atoms with Crippen LogP contribution in [0.4, 0.5) is 10.1 Å². The van der Waals surface area contributed by atoms with E-state index >= 15 is 0 Å². The number of aryl methyl sites for hydroxylation is 1. The van der Waals surface area contributed by atoms with E-state index in [2.05, 4.69) is 75.2 Å². The van der Waals surface area contributed by atoms with E-state index in [1.807, 2.05) is 13.8 Å². The molecular formula is C44H74B2FN3O3S. The van der Waals surface area contributed by atoms with E-state index in [-0.39, 0.29) is 11.9 Å². The molecular weight excluding hydrogens is 691 g/mol. The molecule has 6 nitrogen and oxygen atoms in total. The molecule has 6 rings (SSSR count). The summed E-state index contributed by atoms with van der Waals surface area (Å²) in [5.41, 5.74) is 4.85. The fourth-order valence-corrected chi connectivity index (χ4v) is 9.05. The number of alkyl halides is 1. The molecule has 302 valence electrons. The number of fused-ring (bicyclic) bond motifs is 5. The van der Waals surface area contributed by atoms with Crippen LogP contribution in [0.15, 0.2) is 18.2 Å². The smallest absolute Gasteiger partial charge is 0.290 e. The summed E-state index contributed by atoms with van der Waals surface area (Å²) in [6, 6.07) is 7.81. The quantitative estimate of drug-likeness (QED) is 0.153. The summed E-state index contributed by atoms with van der Waals surface area (Å²) in [6.07, 6.45) is 15.0. The number of thiol groups is 1. The van der Waals surface area contributed by atoms with E-state index in [4.69, 9.17) is 31.0 Å². The number of rotatable bonds is 6. The lowest BCUT2D eigenvalue weighted by molar-refractivity contribution is -0.136. The number of hydrogen-bond donors (Lipinski definition) is 3. The van der Waals surface area contributed by atoms with Crippen LogP contribution >= 0.6 is 12.6 Å². The van der Waals surface area contributed by atoms with Gasteiger partial charge in [0.15, 0.2) is 0 Å². The van der Waals surface area contributed by atoms with Gasteiger partial charge in [-0.3, -0.25) is 9.59 Å². The zero-order valence-corrected chi connectivity index (χ0v) is 36.4. The van der Waals surface area contributed by atoms with Gasteiger partial charge in [-0.2, -0.15) is 12.6 Å². The lowest BCUT2D eigenvalue weighted by atomic mass is 9.46. The van der Waals surface area contributed by atoms with E-state index < -0.39 is 10.9 Å². The third kappa shape index (κ3) is 12.8. The molecule has 1 aromatic carbocycles. The van der Waals surface area contributed by atoms with Gasteiger partial charge < -0.3 is 20.3 Å². The highest BCUT2D eigenvalue weighted by atomic mass is 32.1. The van der Waals surface area contributed by atoms with E-state index in [1.54, 1.807) is 11.1 Å². The molecule has 54 heavy (non-hydrogen) atoms. The Labute approximate surface area is 337 Å². The van der Waals surface area contributed by atoms with Crippen LogP contribution in [-0.4, -0.2) is 80.9 Å². The van der Waals surface area contributed by atoms with Gasteiger partial charge in [-0.15, -0.1) is 0 Å². The van der Waals surface area contributed by atoms with Crippen LogP contribution in [0.1, 0.15) is 163 Å². The molecule has 0 aromatic heterocycles. The van der Waals surface area contributed by atoms with Gasteiger partial charge in [0.25, 0.3) is 6.47 Å². The minimum atomic E-state index is -1.53. The maximum absolute atomic E-state index is 13.2. The van der Waals surface area contributed by atoms with E-state index in [1.165, 1.54) is 64.5 Å². The number of piperidine rings is 2. The molecule has 2 heterocycles. The number of nitrogens with one attached hydrogen (secondary N) is 1. The number of carboxylic acid groups (broad SMARTS) is 1. The summed E-state index contributed by atoms with van der Waals surface area (Å²) in [4.78, 5) is 25.4. The number of benzene rings is 1.